The minimum Gasteiger partial charge on any atom is -0.497 e. The summed E-state index contributed by atoms with van der Waals surface area (Å²) >= 11 is 0. The molecule has 0 spiro atoms. The molecule has 1 aliphatic rings. The molecule has 1 fully saturated rings. The summed E-state index contributed by atoms with van der Waals surface area (Å²) in [5.74, 6) is -0.205. The molecule has 9 heteroatoms. The van der Waals surface area contributed by atoms with E-state index < -0.39 is 28.5 Å². The molecule has 5 rings (SSSR count). The van der Waals surface area contributed by atoms with Crippen molar-refractivity contribution in [2.45, 2.75) is 55.6 Å². The van der Waals surface area contributed by atoms with Crippen LogP contribution >= 0.6 is 0 Å². The van der Waals surface area contributed by atoms with Crippen molar-refractivity contribution in [2.24, 2.45) is 0 Å². The molecule has 8 nitrogen and oxygen atoms in total. The summed E-state index contributed by atoms with van der Waals surface area (Å²) in [5, 5.41) is 3.20. The molecular formula is C36H39N3O5S. The first-order valence-corrected chi connectivity index (χ1v) is 16.7. The molecule has 0 radical (unpaired) electrons. The van der Waals surface area contributed by atoms with Crippen molar-refractivity contribution in [1.29, 1.82) is 0 Å². The van der Waals surface area contributed by atoms with Gasteiger partial charge in [0.2, 0.25) is 11.8 Å². The van der Waals surface area contributed by atoms with Gasteiger partial charge >= 0.3 is 0 Å². The van der Waals surface area contributed by atoms with E-state index in [1.54, 1.807) is 42.5 Å². The lowest BCUT2D eigenvalue weighted by Crippen LogP contribution is -2.54. The number of hydrogen-bond donors (Lipinski definition) is 1. The van der Waals surface area contributed by atoms with Gasteiger partial charge in [-0.05, 0) is 60.4 Å². The monoisotopic (exact) mass is 625 g/mol. The Balaban J connectivity index is 1.53. The maximum atomic E-state index is 14.5. The fourth-order valence-electron chi connectivity index (χ4n) is 5.70. The largest absolute Gasteiger partial charge is 0.497 e. The van der Waals surface area contributed by atoms with E-state index in [4.69, 9.17) is 4.74 Å². The molecule has 2 amide bonds. The lowest BCUT2D eigenvalue weighted by atomic mass is 10.0. The number of carbonyl (C=O) groups is 2. The molecule has 4 aromatic carbocycles. The third-order valence-corrected chi connectivity index (χ3v) is 9.93. The first-order valence-electron chi connectivity index (χ1n) is 15.2. The zero-order valence-corrected chi connectivity index (χ0v) is 26.2. The van der Waals surface area contributed by atoms with Gasteiger partial charge in [-0.1, -0.05) is 91.7 Å². The first-order chi connectivity index (χ1) is 21.8. The number of hydrogen-bond acceptors (Lipinski definition) is 5. The van der Waals surface area contributed by atoms with Gasteiger partial charge in [0.1, 0.15) is 18.3 Å². The summed E-state index contributed by atoms with van der Waals surface area (Å²) in [6.07, 6.45) is 4.19. The number of para-hydroxylation sites is 1. The highest BCUT2D eigenvalue weighted by molar-refractivity contribution is 7.92. The molecule has 1 N–H and O–H groups in total. The SMILES string of the molecule is COc1ccc(S(=O)(=O)N(CC(=O)N(Cc2ccccc2)[C@@H](Cc2ccccc2)C(=O)NC2CCCC2)c2ccccc2)cc1. The van der Waals surface area contributed by atoms with Gasteiger partial charge in [0.15, 0.2) is 0 Å². The number of amides is 2. The van der Waals surface area contributed by atoms with Gasteiger partial charge in [-0.15, -0.1) is 0 Å². The molecule has 1 saturated carbocycles. The molecular weight excluding hydrogens is 586 g/mol. The van der Waals surface area contributed by atoms with E-state index >= 15 is 0 Å². The Morgan fingerprint density at radius 2 is 1.36 bits per heavy atom. The molecule has 0 aliphatic heterocycles. The first kappa shape index (κ1) is 31.8. The molecule has 1 atom stereocenters. The third kappa shape index (κ3) is 8.10. The quantitative estimate of drug-likeness (QED) is 0.209. The highest BCUT2D eigenvalue weighted by atomic mass is 32.2. The number of anilines is 1. The fourth-order valence-corrected chi connectivity index (χ4v) is 7.11. The van der Waals surface area contributed by atoms with Crippen molar-refractivity contribution in [3.05, 3.63) is 126 Å². The van der Waals surface area contributed by atoms with E-state index in [2.05, 4.69) is 5.32 Å². The second-order valence-corrected chi connectivity index (χ2v) is 13.1. The van der Waals surface area contributed by atoms with E-state index in [0.717, 1.165) is 41.1 Å². The van der Waals surface area contributed by atoms with E-state index in [0.29, 0.717) is 11.4 Å². The number of carbonyl (C=O) groups excluding carboxylic acids is 2. The van der Waals surface area contributed by atoms with Crippen LogP contribution in [0.2, 0.25) is 0 Å². The number of ether oxygens (including phenoxy) is 1. The van der Waals surface area contributed by atoms with Gasteiger partial charge < -0.3 is 15.0 Å². The average molecular weight is 626 g/mol. The predicted molar refractivity (Wildman–Crippen MR) is 175 cm³/mol. The molecule has 0 saturated heterocycles. The van der Waals surface area contributed by atoms with Crippen molar-refractivity contribution < 1.29 is 22.7 Å². The topological polar surface area (TPSA) is 96.0 Å². The second-order valence-electron chi connectivity index (χ2n) is 11.2. The van der Waals surface area contributed by atoms with Gasteiger partial charge in [-0.2, -0.15) is 0 Å². The zero-order chi connectivity index (χ0) is 31.6. The van der Waals surface area contributed by atoms with Crippen molar-refractivity contribution in [3.8, 4) is 5.75 Å². The van der Waals surface area contributed by atoms with Crippen LogP contribution in [0.4, 0.5) is 5.69 Å². The van der Waals surface area contributed by atoms with Gasteiger partial charge in [0, 0.05) is 19.0 Å². The predicted octanol–water partition coefficient (Wildman–Crippen LogP) is 5.59. The van der Waals surface area contributed by atoms with E-state index in [1.165, 1.54) is 24.1 Å². The van der Waals surface area contributed by atoms with Crippen LogP contribution in [0, 0.1) is 0 Å². The lowest BCUT2D eigenvalue weighted by molar-refractivity contribution is -0.140. The minimum absolute atomic E-state index is 0.0226. The van der Waals surface area contributed by atoms with Crippen LogP contribution in [0.3, 0.4) is 0 Å². The van der Waals surface area contributed by atoms with E-state index in [-0.39, 0.29) is 29.8 Å². The molecule has 0 heterocycles. The smallest absolute Gasteiger partial charge is 0.264 e. The van der Waals surface area contributed by atoms with Gasteiger partial charge in [-0.25, -0.2) is 8.42 Å². The summed E-state index contributed by atoms with van der Waals surface area (Å²) in [6, 6.07) is 32.9. The van der Waals surface area contributed by atoms with Crippen molar-refractivity contribution in [2.75, 3.05) is 18.0 Å². The highest BCUT2D eigenvalue weighted by Crippen LogP contribution is 2.26. The Morgan fingerprint density at radius 1 is 0.800 bits per heavy atom. The number of nitrogens with zero attached hydrogens (tertiary/aromatic N) is 2. The molecule has 4 aromatic rings. The molecule has 0 aromatic heterocycles. The fraction of sp³-hybridized carbons (Fsp3) is 0.278. The zero-order valence-electron chi connectivity index (χ0n) is 25.4. The Hall–Kier alpha value is -4.63. The summed E-state index contributed by atoms with van der Waals surface area (Å²) in [4.78, 5) is 30.1. The Kier molecular flexibility index (Phi) is 10.5. The van der Waals surface area contributed by atoms with E-state index in [1.807, 2.05) is 60.7 Å². The summed E-state index contributed by atoms with van der Waals surface area (Å²) in [6.45, 7) is -0.353. The standard InChI is InChI=1S/C36H39N3O5S/c1-44-32-21-23-33(24-22-32)45(42,43)39(31-19-9-4-10-20-31)27-35(40)38(26-29-15-7-3-8-16-29)34(25-28-13-5-2-6-14-28)36(41)37-30-17-11-12-18-30/h2-10,13-16,19-24,30,34H,11-12,17-18,25-27H2,1H3,(H,37,41)/t34-/m0/s1. The van der Waals surface area contributed by atoms with Crippen molar-refractivity contribution in [1.82, 2.24) is 10.2 Å². The van der Waals surface area contributed by atoms with Crippen LogP contribution in [0.1, 0.15) is 36.8 Å². The molecule has 1 aliphatic carbocycles. The van der Waals surface area contributed by atoms with Crippen LogP contribution in [-0.4, -0.2) is 50.9 Å². The number of methoxy groups -OCH3 is 1. The van der Waals surface area contributed by atoms with Crippen LogP contribution in [0.5, 0.6) is 5.75 Å². The Morgan fingerprint density at radius 3 is 1.93 bits per heavy atom. The molecule has 45 heavy (non-hydrogen) atoms. The molecule has 0 bridgehead atoms. The van der Waals surface area contributed by atoms with Crippen LogP contribution in [0.15, 0.2) is 120 Å². The number of sulfonamides is 1. The molecule has 0 unspecified atom stereocenters. The number of benzene rings is 4. The van der Waals surface area contributed by atoms with Gasteiger partial charge in [-0.3, -0.25) is 13.9 Å². The van der Waals surface area contributed by atoms with Gasteiger partial charge in [0.25, 0.3) is 10.0 Å². The second kappa shape index (κ2) is 14.9. The summed E-state index contributed by atoms with van der Waals surface area (Å²) in [5.41, 5.74) is 2.08. The van der Waals surface area contributed by atoms with Crippen LogP contribution in [0.25, 0.3) is 0 Å². The summed E-state index contributed by atoms with van der Waals surface area (Å²) in [7, 11) is -2.67. The number of rotatable bonds is 13. The maximum absolute atomic E-state index is 14.5. The van der Waals surface area contributed by atoms with Crippen molar-refractivity contribution >= 4 is 27.5 Å². The highest BCUT2D eigenvalue weighted by Gasteiger charge is 2.35. The lowest BCUT2D eigenvalue weighted by Gasteiger charge is -2.34. The Bertz CT molecular complexity index is 1640. The Labute approximate surface area is 265 Å². The van der Waals surface area contributed by atoms with Crippen LogP contribution in [-0.2, 0) is 32.6 Å². The minimum atomic E-state index is -4.17. The average Bonchev–Trinajstić information content (AvgIpc) is 3.59. The normalized spacial score (nSPS) is 14.0. The summed E-state index contributed by atoms with van der Waals surface area (Å²) < 4.78 is 34.5. The van der Waals surface area contributed by atoms with Crippen molar-refractivity contribution in [3.63, 3.8) is 0 Å². The van der Waals surface area contributed by atoms with Crippen LogP contribution < -0.4 is 14.4 Å². The number of nitrogens with one attached hydrogen (secondary N) is 1. The third-order valence-electron chi connectivity index (χ3n) is 8.14. The molecule has 234 valence electrons. The maximum Gasteiger partial charge on any atom is 0.264 e. The van der Waals surface area contributed by atoms with E-state index in [9.17, 15) is 18.0 Å². The van der Waals surface area contributed by atoms with Gasteiger partial charge in [0.05, 0.1) is 17.7 Å².